The lowest BCUT2D eigenvalue weighted by Crippen LogP contribution is -2.07. The van der Waals surface area contributed by atoms with Crippen molar-refractivity contribution in [2.24, 2.45) is 0 Å². The third kappa shape index (κ3) is 3.38. The van der Waals surface area contributed by atoms with Gasteiger partial charge in [0.15, 0.2) is 0 Å². The zero-order valence-electron chi connectivity index (χ0n) is 13.8. The van der Waals surface area contributed by atoms with Gasteiger partial charge in [0.1, 0.15) is 0 Å². The fourth-order valence-electron chi connectivity index (χ4n) is 2.98. The molecule has 0 N–H and O–H groups in total. The van der Waals surface area contributed by atoms with E-state index < -0.39 is 0 Å². The molecule has 0 bridgehead atoms. The Bertz CT molecular complexity index is 659. The molecule has 0 aliphatic carbocycles. The van der Waals surface area contributed by atoms with E-state index >= 15 is 0 Å². The van der Waals surface area contributed by atoms with E-state index in [0.717, 1.165) is 12.8 Å². The summed E-state index contributed by atoms with van der Waals surface area (Å²) in [5, 5.41) is 0. The summed E-state index contributed by atoms with van der Waals surface area (Å²) < 4.78 is 4.86. The van der Waals surface area contributed by atoms with Crippen LogP contribution in [0.4, 0.5) is 0 Å². The van der Waals surface area contributed by atoms with Gasteiger partial charge in [0, 0.05) is 5.92 Å². The molecule has 22 heavy (non-hydrogen) atoms. The van der Waals surface area contributed by atoms with Crippen LogP contribution in [0.5, 0.6) is 0 Å². The second-order valence-corrected chi connectivity index (χ2v) is 5.73. The molecule has 2 rings (SSSR count). The average molecular weight is 296 g/mol. The fraction of sp³-hybridized carbons (Fsp3) is 0.350. The van der Waals surface area contributed by atoms with Crippen LogP contribution in [0, 0.1) is 6.92 Å². The Morgan fingerprint density at radius 3 is 2.50 bits per heavy atom. The molecule has 0 aromatic heterocycles. The molecular formula is C20H24O2. The Balaban J connectivity index is 2.50. The molecular weight excluding hydrogens is 272 g/mol. The molecule has 0 fully saturated rings. The van der Waals surface area contributed by atoms with E-state index in [4.69, 9.17) is 4.74 Å². The van der Waals surface area contributed by atoms with Gasteiger partial charge in [0.2, 0.25) is 0 Å². The van der Waals surface area contributed by atoms with Gasteiger partial charge in [-0.15, -0.1) is 0 Å². The van der Waals surface area contributed by atoms with Crippen LogP contribution < -0.4 is 0 Å². The quantitative estimate of drug-likeness (QED) is 0.735. The average Bonchev–Trinajstić information content (AvgIpc) is 2.54. The molecule has 1 atom stereocenters. The predicted octanol–water partition coefficient (Wildman–Crippen LogP) is 4.89. The standard InChI is InChI=1S/C20H24O2/c1-5-8-16-11-12-17(20(21)22-4)13-19(16)15(3)18-10-7-6-9-14(18)2/h6-7,9-13,15H,5,8H2,1-4H3/t15-/m0/s1. The smallest absolute Gasteiger partial charge is 0.337 e. The van der Waals surface area contributed by atoms with Gasteiger partial charge in [-0.25, -0.2) is 4.79 Å². The molecule has 0 saturated carbocycles. The summed E-state index contributed by atoms with van der Waals surface area (Å²) in [7, 11) is 1.42. The molecule has 0 amide bonds. The minimum atomic E-state index is -0.277. The van der Waals surface area contributed by atoms with E-state index in [2.05, 4.69) is 51.1 Å². The van der Waals surface area contributed by atoms with Gasteiger partial charge in [0.05, 0.1) is 12.7 Å². The largest absolute Gasteiger partial charge is 0.465 e. The minimum absolute atomic E-state index is 0.257. The van der Waals surface area contributed by atoms with Crippen LogP contribution >= 0.6 is 0 Å². The lowest BCUT2D eigenvalue weighted by molar-refractivity contribution is 0.0600. The third-order valence-corrected chi connectivity index (χ3v) is 4.21. The first kappa shape index (κ1) is 16.3. The number of hydrogen-bond donors (Lipinski definition) is 0. The van der Waals surface area contributed by atoms with Crippen molar-refractivity contribution in [3.8, 4) is 0 Å². The maximum atomic E-state index is 11.8. The summed E-state index contributed by atoms with van der Waals surface area (Å²) in [5.41, 5.74) is 5.74. The summed E-state index contributed by atoms with van der Waals surface area (Å²) in [4.78, 5) is 11.8. The lowest BCUT2D eigenvalue weighted by Gasteiger charge is -2.19. The van der Waals surface area contributed by atoms with Crippen molar-refractivity contribution < 1.29 is 9.53 Å². The predicted molar refractivity (Wildman–Crippen MR) is 90.5 cm³/mol. The molecule has 116 valence electrons. The Labute approximate surface area is 133 Å². The number of methoxy groups -OCH3 is 1. The second-order valence-electron chi connectivity index (χ2n) is 5.73. The third-order valence-electron chi connectivity index (χ3n) is 4.21. The van der Waals surface area contributed by atoms with Crippen molar-refractivity contribution in [3.63, 3.8) is 0 Å². The molecule has 2 nitrogen and oxygen atoms in total. The van der Waals surface area contributed by atoms with Crippen LogP contribution in [-0.2, 0) is 11.2 Å². The zero-order valence-corrected chi connectivity index (χ0v) is 13.8. The highest BCUT2D eigenvalue weighted by molar-refractivity contribution is 5.89. The zero-order chi connectivity index (χ0) is 16.1. The first-order valence-electron chi connectivity index (χ1n) is 7.85. The van der Waals surface area contributed by atoms with Crippen molar-refractivity contribution in [1.29, 1.82) is 0 Å². The van der Waals surface area contributed by atoms with Gasteiger partial charge in [-0.3, -0.25) is 0 Å². The van der Waals surface area contributed by atoms with Gasteiger partial charge < -0.3 is 4.74 Å². The topological polar surface area (TPSA) is 26.3 Å². The fourth-order valence-corrected chi connectivity index (χ4v) is 2.98. The van der Waals surface area contributed by atoms with Crippen molar-refractivity contribution in [2.45, 2.75) is 39.5 Å². The van der Waals surface area contributed by atoms with Crippen LogP contribution in [-0.4, -0.2) is 13.1 Å². The number of esters is 1. The molecule has 2 aromatic carbocycles. The van der Waals surface area contributed by atoms with E-state index in [1.165, 1.54) is 29.4 Å². The second kappa shape index (κ2) is 7.26. The van der Waals surface area contributed by atoms with Crippen LogP contribution in [0.1, 0.15) is 58.8 Å². The van der Waals surface area contributed by atoms with Crippen molar-refractivity contribution in [3.05, 3.63) is 70.3 Å². The van der Waals surface area contributed by atoms with Crippen LogP contribution in [0.25, 0.3) is 0 Å². The molecule has 0 spiro atoms. The number of carbonyl (C=O) groups is 1. The van der Waals surface area contributed by atoms with Gasteiger partial charge in [-0.1, -0.05) is 50.6 Å². The van der Waals surface area contributed by atoms with Gasteiger partial charge in [-0.05, 0) is 47.7 Å². The number of carbonyl (C=O) groups excluding carboxylic acids is 1. The summed E-state index contributed by atoms with van der Waals surface area (Å²) >= 11 is 0. The maximum absolute atomic E-state index is 11.8. The molecule has 0 aliphatic rings. The normalized spacial score (nSPS) is 12.0. The maximum Gasteiger partial charge on any atom is 0.337 e. The number of ether oxygens (including phenoxy) is 1. The molecule has 0 aliphatic heterocycles. The van der Waals surface area contributed by atoms with Crippen molar-refractivity contribution in [1.82, 2.24) is 0 Å². The number of aryl methyl sites for hydroxylation is 2. The SMILES string of the molecule is CCCc1ccc(C(=O)OC)cc1[C@@H](C)c1ccccc1C. The van der Waals surface area contributed by atoms with E-state index in [1.54, 1.807) is 0 Å². The molecule has 2 heteroatoms. The first-order valence-corrected chi connectivity index (χ1v) is 7.85. The van der Waals surface area contributed by atoms with Crippen LogP contribution in [0.15, 0.2) is 42.5 Å². The number of hydrogen-bond acceptors (Lipinski definition) is 2. The number of rotatable bonds is 5. The Morgan fingerprint density at radius 2 is 1.86 bits per heavy atom. The van der Waals surface area contributed by atoms with E-state index in [0.29, 0.717) is 5.56 Å². The van der Waals surface area contributed by atoms with Crippen LogP contribution in [0.3, 0.4) is 0 Å². The Morgan fingerprint density at radius 1 is 1.14 bits per heavy atom. The molecule has 0 unspecified atom stereocenters. The Hall–Kier alpha value is -2.09. The number of benzene rings is 2. The van der Waals surface area contributed by atoms with E-state index in [-0.39, 0.29) is 11.9 Å². The first-order chi connectivity index (χ1) is 10.6. The van der Waals surface area contributed by atoms with Crippen molar-refractivity contribution in [2.75, 3.05) is 7.11 Å². The Kier molecular flexibility index (Phi) is 5.37. The highest BCUT2D eigenvalue weighted by atomic mass is 16.5. The van der Waals surface area contributed by atoms with Crippen molar-refractivity contribution >= 4 is 5.97 Å². The molecule has 0 heterocycles. The van der Waals surface area contributed by atoms with Gasteiger partial charge in [0.25, 0.3) is 0 Å². The highest BCUT2D eigenvalue weighted by Gasteiger charge is 2.17. The van der Waals surface area contributed by atoms with E-state index in [9.17, 15) is 4.79 Å². The van der Waals surface area contributed by atoms with Gasteiger partial charge in [-0.2, -0.15) is 0 Å². The minimum Gasteiger partial charge on any atom is -0.465 e. The lowest BCUT2D eigenvalue weighted by atomic mass is 9.85. The summed E-state index contributed by atoms with van der Waals surface area (Å²) in [6.45, 7) is 6.52. The molecule has 0 saturated heterocycles. The molecule has 2 aromatic rings. The highest BCUT2D eigenvalue weighted by Crippen LogP contribution is 2.30. The molecule has 0 radical (unpaired) electrons. The summed E-state index contributed by atoms with van der Waals surface area (Å²) in [6, 6.07) is 14.4. The van der Waals surface area contributed by atoms with Crippen LogP contribution in [0.2, 0.25) is 0 Å². The summed E-state index contributed by atoms with van der Waals surface area (Å²) in [6.07, 6.45) is 2.11. The monoisotopic (exact) mass is 296 g/mol. The summed E-state index contributed by atoms with van der Waals surface area (Å²) in [5.74, 6) is -0.0198. The van der Waals surface area contributed by atoms with Gasteiger partial charge >= 0.3 is 5.97 Å². The van der Waals surface area contributed by atoms with E-state index in [1.807, 2.05) is 12.1 Å².